The van der Waals surface area contributed by atoms with E-state index in [0.29, 0.717) is 13.2 Å². The van der Waals surface area contributed by atoms with Crippen LogP contribution in [-0.2, 0) is 18.0 Å². The molecule has 1 aliphatic heterocycles. The Morgan fingerprint density at radius 1 is 1.05 bits per heavy atom. The lowest BCUT2D eigenvalue weighted by atomic mass is 10.0. The molecule has 2 aromatic carbocycles. The Bertz CT molecular complexity index is 827. The molecule has 0 fully saturated rings. The third-order valence-corrected chi connectivity index (χ3v) is 5.57. The second kappa shape index (κ2) is 5.09. The maximum absolute atomic E-state index is 13.3. The van der Waals surface area contributed by atoms with Crippen molar-refractivity contribution in [2.45, 2.75) is 18.6 Å². The van der Waals surface area contributed by atoms with Gasteiger partial charge in [0.2, 0.25) is 0 Å². The number of ether oxygens (including phenoxy) is 1. The van der Waals surface area contributed by atoms with Crippen molar-refractivity contribution in [3.8, 4) is 0 Å². The number of hydrogen-bond acceptors (Lipinski definition) is 2. The van der Waals surface area contributed by atoms with Gasteiger partial charge < -0.3 is 4.74 Å². The molecule has 0 saturated carbocycles. The minimum Gasteiger partial charge on any atom is -0.372 e. The SMILES string of the molecule is Fc1ccc2cc(C(Cl)c3ccc4c(c3)COC4)sc2c1. The molecule has 0 radical (unpaired) electrons. The van der Waals surface area contributed by atoms with Gasteiger partial charge in [0.05, 0.1) is 18.6 Å². The van der Waals surface area contributed by atoms with Crippen molar-refractivity contribution in [2.75, 3.05) is 0 Å². The van der Waals surface area contributed by atoms with Crippen molar-refractivity contribution in [3.05, 3.63) is 69.8 Å². The summed E-state index contributed by atoms with van der Waals surface area (Å²) in [5, 5.41) is 0.822. The standard InChI is InChI=1S/C17H12ClFOS/c18-17(11-1-2-12-8-20-9-13(12)5-11)16-6-10-3-4-14(19)7-15(10)21-16/h1-7,17H,8-9H2. The Morgan fingerprint density at radius 2 is 1.90 bits per heavy atom. The van der Waals surface area contributed by atoms with Gasteiger partial charge in [0.25, 0.3) is 0 Å². The lowest BCUT2D eigenvalue weighted by molar-refractivity contribution is 0.134. The minimum absolute atomic E-state index is 0.211. The smallest absolute Gasteiger partial charge is 0.124 e. The maximum Gasteiger partial charge on any atom is 0.124 e. The number of rotatable bonds is 2. The average Bonchev–Trinajstić information content (AvgIpc) is 3.11. The highest BCUT2D eigenvalue weighted by Gasteiger charge is 2.18. The topological polar surface area (TPSA) is 9.23 Å². The predicted octanol–water partition coefficient (Wildman–Crippen LogP) is 5.40. The van der Waals surface area contributed by atoms with Crippen LogP contribution in [0, 0.1) is 5.82 Å². The zero-order valence-corrected chi connectivity index (χ0v) is 12.7. The van der Waals surface area contributed by atoms with Gasteiger partial charge in [-0.3, -0.25) is 0 Å². The highest BCUT2D eigenvalue weighted by atomic mass is 35.5. The van der Waals surface area contributed by atoms with E-state index in [0.717, 1.165) is 20.5 Å². The first-order valence-electron chi connectivity index (χ1n) is 6.73. The molecule has 0 amide bonds. The van der Waals surface area contributed by atoms with E-state index in [1.807, 2.05) is 6.07 Å². The van der Waals surface area contributed by atoms with E-state index in [4.69, 9.17) is 16.3 Å². The molecule has 0 saturated heterocycles. The summed E-state index contributed by atoms with van der Waals surface area (Å²) in [4.78, 5) is 1.04. The van der Waals surface area contributed by atoms with E-state index in [-0.39, 0.29) is 11.2 Å². The van der Waals surface area contributed by atoms with Crippen molar-refractivity contribution in [1.82, 2.24) is 0 Å². The van der Waals surface area contributed by atoms with Crippen LogP contribution >= 0.6 is 22.9 Å². The summed E-state index contributed by atoms with van der Waals surface area (Å²) in [7, 11) is 0. The van der Waals surface area contributed by atoms with Gasteiger partial charge in [-0.15, -0.1) is 22.9 Å². The second-order valence-corrected chi connectivity index (χ2v) is 6.77. The third kappa shape index (κ3) is 2.35. The first kappa shape index (κ1) is 13.3. The summed E-state index contributed by atoms with van der Waals surface area (Å²) in [5.41, 5.74) is 3.51. The summed E-state index contributed by atoms with van der Waals surface area (Å²) < 4.78 is 19.6. The molecule has 4 heteroatoms. The van der Waals surface area contributed by atoms with Crippen LogP contribution < -0.4 is 0 Å². The second-order valence-electron chi connectivity index (χ2n) is 5.21. The average molecular weight is 319 g/mol. The van der Waals surface area contributed by atoms with Crippen LogP contribution in [0.5, 0.6) is 0 Å². The molecule has 4 rings (SSSR count). The summed E-state index contributed by atoms with van der Waals surface area (Å²) >= 11 is 8.16. The zero-order chi connectivity index (χ0) is 14.4. The Balaban J connectivity index is 1.73. The van der Waals surface area contributed by atoms with E-state index < -0.39 is 0 Å². The fourth-order valence-corrected chi connectivity index (χ4v) is 4.09. The third-order valence-electron chi connectivity index (χ3n) is 3.79. The fourth-order valence-electron chi connectivity index (χ4n) is 2.66. The van der Waals surface area contributed by atoms with Crippen LogP contribution in [0.15, 0.2) is 42.5 Å². The molecule has 1 aliphatic rings. The van der Waals surface area contributed by atoms with Gasteiger partial charge in [0.15, 0.2) is 0 Å². The van der Waals surface area contributed by atoms with Crippen molar-refractivity contribution in [2.24, 2.45) is 0 Å². The molecule has 1 nitrogen and oxygen atoms in total. The Kier molecular flexibility index (Phi) is 3.21. The normalized spacial score (nSPS) is 15.3. The van der Waals surface area contributed by atoms with Gasteiger partial charge in [0.1, 0.15) is 5.82 Å². The molecule has 21 heavy (non-hydrogen) atoms. The summed E-state index contributed by atoms with van der Waals surface area (Å²) in [6.07, 6.45) is 0. The number of fused-ring (bicyclic) bond motifs is 2. The Morgan fingerprint density at radius 3 is 2.81 bits per heavy atom. The van der Waals surface area contributed by atoms with Crippen LogP contribution in [0.3, 0.4) is 0 Å². The molecular weight excluding hydrogens is 307 g/mol. The van der Waals surface area contributed by atoms with Gasteiger partial charge in [-0.25, -0.2) is 4.39 Å². The highest BCUT2D eigenvalue weighted by Crippen LogP contribution is 2.38. The van der Waals surface area contributed by atoms with Crippen LogP contribution in [0.2, 0.25) is 0 Å². The quantitative estimate of drug-likeness (QED) is 0.575. The molecule has 3 aromatic rings. The van der Waals surface area contributed by atoms with Crippen LogP contribution in [0.4, 0.5) is 4.39 Å². The van der Waals surface area contributed by atoms with Crippen molar-refractivity contribution < 1.29 is 9.13 Å². The molecule has 0 aliphatic carbocycles. The summed E-state index contributed by atoms with van der Waals surface area (Å²) in [6, 6.07) is 13.1. The molecule has 1 atom stereocenters. The van der Waals surface area contributed by atoms with E-state index in [2.05, 4.69) is 18.2 Å². The van der Waals surface area contributed by atoms with E-state index in [1.54, 1.807) is 23.5 Å². The lowest BCUT2D eigenvalue weighted by Gasteiger charge is -2.09. The molecule has 106 valence electrons. The van der Waals surface area contributed by atoms with Crippen molar-refractivity contribution in [3.63, 3.8) is 0 Å². The highest BCUT2D eigenvalue weighted by molar-refractivity contribution is 7.19. The summed E-state index contributed by atoms with van der Waals surface area (Å²) in [5.74, 6) is -0.211. The van der Waals surface area contributed by atoms with Gasteiger partial charge in [-0.2, -0.15) is 0 Å². The van der Waals surface area contributed by atoms with E-state index >= 15 is 0 Å². The molecule has 0 spiro atoms. The van der Waals surface area contributed by atoms with Gasteiger partial charge in [-0.1, -0.05) is 24.3 Å². The van der Waals surface area contributed by atoms with Gasteiger partial charge in [-0.05, 0) is 40.3 Å². The monoisotopic (exact) mass is 318 g/mol. The molecule has 1 aromatic heterocycles. The molecule has 0 bridgehead atoms. The maximum atomic E-state index is 13.3. The predicted molar refractivity (Wildman–Crippen MR) is 84.4 cm³/mol. The first-order chi connectivity index (χ1) is 10.2. The van der Waals surface area contributed by atoms with Gasteiger partial charge >= 0.3 is 0 Å². The zero-order valence-electron chi connectivity index (χ0n) is 11.1. The van der Waals surface area contributed by atoms with E-state index in [1.165, 1.54) is 17.2 Å². The van der Waals surface area contributed by atoms with Crippen molar-refractivity contribution >= 4 is 33.0 Å². The molecular formula is C17H12ClFOS. The molecule has 2 heterocycles. The number of alkyl halides is 1. The first-order valence-corrected chi connectivity index (χ1v) is 7.98. The summed E-state index contributed by atoms with van der Waals surface area (Å²) in [6.45, 7) is 1.34. The number of halogens is 2. The number of benzene rings is 2. The minimum atomic E-state index is -0.212. The largest absolute Gasteiger partial charge is 0.372 e. The molecule has 1 unspecified atom stereocenters. The lowest BCUT2D eigenvalue weighted by Crippen LogP contribution is -1.92. The Hall–Kier alpha value is -1.42. The van der Waals surface area contributed by atoms with Crippen LogP contribution in [0.1, 0.15) is 26.9 Å². The number of thiophene rings is 1. The van der Waals surface area contributed by atoms with Crippen molar-refractivity contribution in [1.29, 1.82) is 0 Å². The molecule has 0 N–H and O–H groups in total. The fraction of sp³-hybridized carbons (Fsp3) is 0.176. The number of hydrogen-bond donors (Lipinski definition) is 0. The van der Waals surface area contributed by atoms with Gasteiger partial charge in [0, 0.05) is 9.58 Å². The van der Waals surface area contributed by atoms with E-state index in [9.17, 15) is 4.39 Å². The Labute approximate surface area is 130 Å². The van der Waals surface area contributed by atoms with Crippen LogP contribution in [-0.4, -0.2) is 0 Å². The van der Waals surface area contributed by atoms with Crippen LogP contribution in [0.25, 0.3) is 10.1 Å².